The first-order valence-corrected chi connectivity index (χ1v) is 17.6. The van der Waals surface area contributed by atoms with Gasteiger partial charge in [-0.3, -0.25) is 9.59 Å². The lowest BCUT2D eigenvalue weighted by molar-refractivity contribution is -0.305. The summed E-state index contributed by atoms with van der Waals surface area (Å²) in [4.78, 5) is 24.5. The van der Waals surface area contributed by atoms with Crippen LogP contribution in [0.25, 0.3) is 0 Å². The standard InChI is InChI=1S/C34H64O10/c1-3-5-7-8-9-10-11-12-13-14-15-16-17-18-19-20-21-23-30(37)43-27(25-41-29(36)22-6-4-2)26-42-34-33(40)32(39)31(38)28(24-35)44-34/h27-28,31-35,38-40H,3-26H2,1-2H3. The van der Waals surface area contributed by atoms with Crippen molar-refractivity contribution in [3.63, 3.8) is 0 Å². The van der Waals surface area contributed by atoms with Crippen LogP contribution in [0.3, 0.4) is 0 Å². The lowest BCUT2D eigenvalue weighted by atomic mass is 9.99. The van der Waals surface area contributed by atoms with E-state index < -0.39 is 55.4 Å². The van der Waals surface area contributed by atoms with E-state index in [0.29, 0.717) is 12.8 Å². The highest BCUT2D eigenvalue weighted by atomic mass is 16.7. The Balaban J connectivity index is 2.24. The third-order valence-electron chi connectivity index (χ3n) is 8.24. The van der Waals surface area contributed by atoms with Gasteiger partial charge in [0, 0.05) is 12.8 Å². The molecule has 1 fully saturated rings. The highest BCUT2D eigenvalue weighted by Crippen LogP contribution is 2.22. The number of hydrogen-bond acceptors (Lipinski definition) is 10. The highest BCUT2D eigenvalue weighted by Gasteiger charge is 2.44. The predicted octanol–water partition coefficient (Wildman–Crippen LogP) is 5.49. The summed E-state index contributed by atoms with van der Waals surface area (Å²) in [5.74, 6) is -0.841. The minimum absolute atomic E-state index is 0.218. The Labute approximate surface area is 266 Å². The van der Waals surface area contributed by atoms with Crippen molar-refractivity contribution in [2.75, 3.05) is 19.8 Å². The Morgan fingerprint density at radius 2 is 1.09 bits per heavy atom. The largest absolute Gasteiger partial charge is 0.462 e. The number of carbonyl (C=O) groups excluding carboxylic acids is 2. The van der Waals surface area contributed by atoms with Gasteiger partial charge in [-0.1, -0.05) is 123 Å². The molecular formula is C34H64O10. The summed E-state index contributed by atoms with van der Waals surface area (Å²) in [6.45, 7) is 3.15. The molecule has 1 heterocycles. The molecule has 1 rings (SSSR count). The normalized spacial score (nSPS) is 22.5. The zero-order chi connectivity index (χ0) is 32.4. The number of carbonyl (C=O) groups is 2. The fraction of sp³-hybridized carbons (Fsp3) is 0.941. The summed E-state index contributed by atoms with van der Waals surface area (Å²) in [7, 11) is 0. The van der Waals surface area contributed by atoms with Crippen molar-refractivity contribution in [2.24, 2.45) is 0 Å². The summed E-state index contributed by atoms with van der Waals surface area (Å²) in [5.41, 5.74) is 0. The van der Waals surface area contributed by atoms with Crippen molar-refractivity contribution in [2.45, 2.75) is 185 Å². The second kappa shape index (κ2) is 26.9. The quantitative estimate of drug-likeness (QED) is 0.0644. The van der Waals surface area contributed by atoms with Crippen LogP contribution in [-0.2, 0) is 28.5 Å². The van der Waals surface area contributed by atoms with Gasteiger partial charge in [-0.2, -0.15) is 0 Å². The molecule has 260 valence electrons. The molecule has 6 unspecified atom stereocenters. The van der Waals surface area contributed by atoms with Gasteiger partial charge in [0.2, 0.25) is 0 Å². The fourth-order valence-corrected chi connectivity index (χ4v) is 5.34. The van der Waals surface area contributed by atoms with E-state index in [-0.39, 0.29) is 26.1 Å². The number of aliphatic hydroxyl groups excluding tert-OH is 4. The maximum atomic E-state index is 12.5. The number of rotatable bonds is 28. The van der Waals surface area contributed by atoms with Crippen LogP contribution >= 0.6 is 0 Å². The van der Waals surface area contributed by atoms with Crippen LogP contribution in [-0.4, -0.2) is 89.0 Å². The number of ether oxygens (including phenoxy) is 4. The highest BCUT2D eigenvalue weighted by molar-refractivity contribution is 5.70. The van der Waals surface area contributed by atoms with E-state index in [2.05, 4.69) is 6.92 Å². The van der Waals surface area contributed by atoms with Crippen molar-refractivity contribution in [1.82, 2.24) is 0 Å². The van der Waals surface area contributed by atoms with Gasteiger partial charge in [-0.05, 0) is 12.8 Å². The van der Waals surface area contributed by atoms with Crippen LogP contribution in [0.15, 0.2) is 0 Å². The monoisotopic (exact) mass is 632 g/mol. The minimum Gasteiger partial charge on any atom is -0.462 e. The number of esters is 2. The zero-order valence-corrected chi connectivity index (χ0v) is 27.7. The van der Waals surface area contributed by atoms with Gasteiger partial charge in [0.05, 0.1) is 13.2 Å². The Hall–Kier alpha value is -1.30. The molecule has 10 nitrogen and oxygen atoms in total. The minimum atomic E-state index is -1.58. The Morgan fingerprint density at radius 1 is 0.614 bits per heavy atom. The van der Waals surface area contributed by atoms with Crippen molar-refractivity contribution in [3.8, 4) is 0 Å². The molecule has 0 bridgehead atoms. The van der Waals surface area contributed by atoms with Gasteiger partial charge in [0.25, 0.3) is 0 Å². The van der Waals surface area contributed by atoms with E-state index in [1.165, 1.54) is 83.5 Å². The lowest BCUT2D eigenvalue weighted by Crippen LogP contribution is -2.59. The molecule has 0 saturated carbocycles. The van der Waals surface area contributed by atoms with Crippen LogP contribution < -0.4 is 0 Å². The fourth-order valence-electron chi connectivity index (χ4n) is 5.34. The van der Waals surface area contributed by atoms with E-state index in [9.17, 15) is 30.0 Å². The molecular weight excluding hydrogens is 568 g/mol. The lowest BCUT2D eigenvalue weighted by Gasteiger charge is -2.39. The van der Waals surface area contributed by atoms with E-state index in [4.69, 9.17) is 18.9 Å². The smallest absolute Gasteiger partial charge is 0.306 e. The van der Waals surface area contributed by atoms with Crippen molar-refractivity contribution >= 4 is 11.9 Å². The second-order valence-electron chi connectivity index (χ2n) is 12.3. The zero-order valence-electron chi connectivity index (χ0n) is 27.7. The van der Waals surface area contributed by atoms with E-state index in [1.807, 2.05) is 6.92 Å². The molecule has 0 spiro atoms. The van der Waals surface area contributed by atoms with Gasteiger partial charge in [0.1, 0.15) is 31.0 Å². The molecule has 4 N–H and O–H groups in total. The summed E-state index contributed by atoms with van der Waals surface area (Å²) < 4.78 is 21.7. The molecule has 1 saturated heterocycles. The molecule has 1 aliphatic heterocycles. The molecule has 6 atom stereocenters. The summed E-state index contributed by atoms with van der Waals surface area (Å²) in [6, 6.07) is 0. The average Bonchev–Trinajstić information content (AvgIpc) is 3.02. The van der Waals surface area contributed by atoms with Crippen molar-refractivity contribution in [3.05, 3.63) is 0 Å². The summed E-state index contributed by atoms with van der Waals surface area (Å²) in [6.07, 6.45) is 15.3. The Morgan fingerprint density at radius 3 is 1.59 bits per heavy atom. The number of aliphatic hydroxyl groups is 4. The molecule has 0 aromatic heterocycles. The molecule has 44 heavy (non-hydrogen) atoms. The SMILES string of the molecule is CCCCCCCCCCCCCCCCCCCC(=O)OC(COC(=O)CCCC)COC1OC(CO)C(O)C(O)C1O. The molecule has 0 radical (unpaired) electrons. The molecule has 0 aromatic rings. The topological polar surface area (TPSA) is 152 Å². The first kappa shape index (κ1) is 40.7. The predicted molar refractivity (Wildman–Crippen MR) is 169 cm³/mol. The third-order valence-corrected chi connectivity index (χ3v) is 8.24. The van der Waals surface area contributed by atoms with E-state index in [1.54, 1.807) is 0 Å². The molecule has 10 heteroatoms. The summed E-state index contributed by atoms with van der Waals surface area (Å²) in [5, 5.41) is 39.5. The second-order valence-corrected chi connectivity index (χ2v) is 12.3. The number of unbranched alkanes of at least 4 members (excludes halogenated alkanes) is 17. The van der Waals surface area contributed by atoms with Crippen LogP contribution in [0.2, 0.25) is 0 Å². The Kier molecular flexibility index (Phi) is 24.9. The van der Waals surface area contributed by atoms with Gasteiger partial charge in [-0.25, -0.2) is 0 Å². The van der Waals surface area contributed by atoms with E-state index in [0.717, 1.165) is 25.7 Å². The average molecular weight is 633 g/mol. The molecule has 0 amide bonds. The van der Waals surface area contributed by atoms with Gasteiger partial charge in [0.15, 0.2) is 12.4 Å². The van der Waals surface area contributed by atoms with Crippen LogP contribution in [0.4, 0.5) is 0 Å². The maximum Gasteiger partial charge on any atom is 0.306 e. The molecule has 1 aliphatic rings. The molecule has 0 aliphatic carbocycles. The van der Waals surface area contributed by atoms with E-state index >= 15 is 0 Å². The van der Waals surface area contributed by atoms with Crippen LogP contribution in [0, 0.1) is 0 Å². The first-order valence-electron chi connectivity index (χ1n) is 17.6. The maximum absolute atomic E-state index is 12.5. The summed E-state index contributed by atoms with van der Waals surface area (Å²) >= 11 is 0. The van der Waals surface area contributed by atoms with Crippen molar-refractivity contribution < 1.29 is 49.0 Å². The van der Waals surface area contributed by atoms with Crippen LogP contribution in [0.5, 0.6) is 0 Å². The third kappa shape index (κ3) is 19.3. The van der Waals surface area contributed by atoms with Gasteiger partial charge < -0.3 is 39.4 Å². The van der Waals surface area contributed by atoms with Gasteiger partial charge in [-0.15, -0.1) is 0 Å². The van der Waals surface area contributed by atoms with Crippen LogP contribution in [0.1, 0.15) is 149 Å². The first-order chi connectivity index (χ1) is 21.3. The molecule has 0 aromatic carbocycles. The number of hydrogen-bond donors (Lipinski definition) is 4. The van der Waals surface area contributed by atoms with Gasteiger partial charge >= 0.3 is 11.9 Å². The van der Waals surface area contributed by atoms with Crippen molar-refractivity contribution in [1.29, 1.82) is 0 Å². The Bertz CT molecular complexity index is 704.